The molecule has 2 heterocycles. The molecule has 0 fully saturated rings. The molecular weight excluding hydrogens is 244 g/mol. The van der Waals surface area contributed by atoms with Gasteiger partial charge in [0.25, 0.3) is 5.95 Å². The van der Waals surface area contributed by atoms with Crippen molar-refractivity contribution in [2.45, 2.75) is 33.8 Å². The normalized spacial score (nSPS) is 10.8. The average molecular weight is 262 g/mol. The van der Waals surface area contributed by atoms with Crippen molar-refractivity contribution in [2.75, 3.05) is 11.9 Å². The zero-order valence-corrected chi connectivity index (χ0v) is 11.6. The molecule has 0 aliphatic heterocycles. The number of aromatic nitrogens is 5. The average Bonchev–Trinajstić information content (AvgIpc) is 2.75. The van der Waals surface area contributed by atoms with Gasteiger partial charge in [0, 0.05) is 12.7 Å². The van der Waals surface area contributed by atoms with E-state index in [4.69, 9.17) is 4.74 Å². The molecule has 0 unspecified atom stereocenters. The van der Waals surface area contributed by atoms with Gasteiger partial charge >= 0.3 is 6.01 Å². The van der Waals surface area contributed by atoms with Crippen molar-refractivity contribution in [3.8, 4) is 12.0 Å². The first kappa shape index (κ1) is 13.3. The molecule has 2 aromatic rings. The Bertz CT molecular complexity index is 551. The Balaban J connectivity index is 2.38. The molecule has 2 aromatic heterocycles. The highest BCUT2D eigenvalue weighted by Crippen LogP contribution is 2.12. The van der Waals surface area contributed by atoms with Gasteiger partial charge in [-0.1, -0.05) is 0 Å². The molecule has 0 spiro atoms. The van der Waals surface area contributed by atoms with Crippen LogP contribution < -0.4 is 10.1 Å². The van der Waals surface area contributed by atoms with Crippen LogP contribution in [0, 0.1) is 6.92 Å². The molecule has 0 saturated heterocycles. The maximum absolute atomic E-state index is 5.53. The van der Waals surface area contributed by atoms with Crippen molar-refractivity contribution in [3.05, 3.63) is 18.0 Å². The van der Waals surface area contributed by atoms with E-state index in [9.17, 15) is 0 Å². The topological polar surface area (TPSA) is 77.8 Å². The van der Waals surface area contributed by atoms with Crippen molar-refractivity contribution in [3.63, 3.8) is 0 Å². The van der Waals surface area contributed by atoms with Crippen molar-refractivity contribution >= 4 is 5.95 Å². The van der Waals surface area contributed by atoms with Gasteiger partial charge in [-0.05, 0) is 33.3 Å². The third-order valence-electron chi connectivity index (χ3n) is 2.20. The van der Waals surface area contributed by atoms with Gasteiger partial charge in [0.1, 0.15) is 0 Å². The SMILES string of the molecule is CCNc1nc(OC(C)C)nc(-n2cc(C)cn2)n1. The summed E-state index contributed by atoms with van der Waals surface area (Å²) in [6.45, 7) is 8.51. The van der Waals surface area contributed by atoms with E-state index in [1.54, 1.807) is 10.9 Å². The second kappa shape index (κ2) is 5.64. The molecule has 0 radical (unpaired) electrons. The first-order valence-electron chi connectivity index (χ1n) is 6.26. The molecule has 2 rings (SSSR count). The lowest BCUT2D eigenvalue weighted by Gasteiger charge is -2.10. The van der Waals surface area contributed by atoms with Crippen LogP contribution in [-0.2, 0) is 0 Å². The number of hydrogen-bond acceptors (Lipinski definition) is 6. The monoisotopic (exact) mass is 262 g/mol. The number of ether oxygens (including phenoxy) is 1. The highest BCUT2D eigenvalue weighted by Gasteiger charge is 2.10. The lowest BCUT2D eigenvalue weighted by molar-refractivity contribution is 0.221. The molecular formula is C12H18N6O. The lowest BCUT2D eigenvalue weighted by Crippen LogP contribution is -2.14. The highest BCUT2D eigenvalue weighted by molar-refractivity contribution is 5.30. The predicted octanol–water partition coefficient (Wildman–Crippen LogP) is 1.58. The van der Waals surface area contributed by atoms with Crippen LogP contribution in [0.25, 0.3) is 5.95 Å². The van der Waals surface area contributed by atoms with Gasteiger partial charge in [-0.3, -0.25) is 0 Å². The van der Waals surface area contributed by atoms with Crippen molar-refractivity contribution in [2.24, 2.45) is 0 Å². The van der Waals surface area contributed by atoms with Crippen LogP contribution in [0.15, 0.2) is 12.4 Å². The summed E-state index contributed by atoms with van der Waals surface area (Å²) in [6.07, 6.45) is 3.60. The number of rotatable bonds is 5. The summed E-state index contributed by atoms with van der Waals surface area (Å²) in [5.41, 5.74) is 1.04. The first-order valence-corrected chi connectivity index (χ1v) is 6.26. The van der Waals surface area contributed by atoms with Gasteiger partial charge in [0.05, 0.1) is 12.3 Å². The zero-order valence-electron chi connectivity index (χ0n) is 11.6. The van der Waals surface area contributed by atoms with Gasteiger partial charge in [-0.25, -0.2) is 4.68 Å². The van der Waals surface area contributed by atoms with Crippen molar-refractivity contribution < 1.29 is 4.74 Å². The zero-order chi connectivity index (χ0) is 13.8. The fourth-order valence-corrected chi connectivity index (χ4v) is 1.47. The van der Waals surface area contributed by atoms with Gasteiger partial charge in [0.15, 0.2) is 0 Å². The summed E-state index contributed by atoms with van der Waals surface area (Å²) >= 11 is 0. The van der Waals surface area contributed by atoms with E-state index in [1.165, 1.54) is 0 Å². The summed E-state index contributed by atoms with van der Waals surface area (Å²) in [7, 11) is 0. The van der Waals surface area contributed by atoms with Crippen LogP contribution >= 0.6 is 0 Å². The standard InChI is InChI=1S/C12H18N6O/c1-5-13-10-15-11(18-7-9(4)6-14-18)17-12(16-10)19-8(2)3/h6-8H,5H2,1-4H3,(H,13,15,16,17). The molecule has 0 aliphatic rings. The van der Waals surface area contributed by atoms with E-state index in [0.717, 1.165) is 12.1 Å². The maximum Gasteiger partial charge on any atom is 0.323 e. The molecule has 7 heteroatoms. The van der Waals surface area contributed by atoms with Crippen LogP contribution in [0.4, 0.5) is 5.95 Å². The van der Waals surface area contributed by atoms with E-state index in [-0.39, 0.29) is 6.10 Å². The number of anilines is 1. The minimum absolute atomic E-state index is 0.00378. The quantitative estimate of drug-likeness (QED) is 0.881. The first-order chi connectivity index (χ1) is 9.08. The van der Waals surface area contributed by atoms with E-state index < -0.39 is 0 Å². The van der Waals surface area contributed by atoms with Gasteiger partial charge in [0.2, 0.25) is 5.95 Å². The highest BCUT2D eigenvalue weighted by atomic mass is 16.5. The molecule has 1 N–H and O–H groups in total. The van der Waals surface area contributed by atoms with Gasteiger partial charge in [-0.2, -0.15) is 20.1 Å². The molecule has 0 aromatic carbocycles. The van der Waals surface area contributed by atoms with E-state index >= 15 is 0 Å². The molecule has 7 nitrogen and oxygen atoms in total. The fourth-order valence-electron chi connectivity index (χ4n) is 1.47. The molecule has 0 bridgehead atoms. The Morgan fingerprint density at radius 2 is 2.11 bits per heavy atom. The van der Waals surface area contributed by atoms with Crippen LogP contribution in [0.1, 0.15) is 26.3 Å². The Morgan fingerprint density at radius 3 is 2.68 bits per heavy atom. The predicted molar refractivity (Wildman–Crippen MR) is 71.6 cm³/mol. The second-order valence-corrected chi connectivity index (χ2v) is 4.40. The molecule has 0 saturated carbocycles. The lowest BCUT2D eigenvalue weighted by atomic mass is 10.4. The second-order valence-electron chi connectivity index (χ2n) is 4.40. The van der Waals surface area contributed by atoms with E-state index in [1.807, 2.05) is 33.9 Å². The Labute approximate surface area is 112 Å². The number of hydrogen-bond donors (Lipinski definition) is 1. The smallest absolute Gasteiger partial charge is 0.323 e. The minimum Gasteiger partial charge on any atom is -0.461 e. The molecule has 0 atom stereocenters. The third kappa shape index (κ3) is 3.40. The summed E-state index contributed by atoms with van der Waals surface area (Å²) < 4.78 is 7.13. The fraction of sp³-hybridized carbons (Fsp3) is 0.500. The number of nitrogens with zero attached hydrogens (tertiary/aromatic N) is 5. The van der Waals surface area contributed by atoms with E-state index in [2.05, 4.69) is 25.4 Å². The molecule has 0 aliphatic carbocycles. The Kier molecular flexibility index (Phi) is 3.94. The van der Waals surface area contributed by atoms with Crippen LogP contribution in [0.3, 0.4) is 0 Å². The largest absolute Gasteiger partial charge is 0.461 e. The minimum atomic E-state index is 0.00378. The summed E-state index contributed by atoms with van der Waals surface area (Å²) in [5, 5.41) is 7.24. The summed E-state index contributed by atoms with van der Waals surface area (Å²) in [5.74, 6) is 0.922. The van der Waals surface area contributed by atoms with Crippen molar-refractivity contribution in [1.82, 2.24) is 24.7 Å². The van der Waals surface area contributed by atoms with Crippen molar-refractivity contribution in [1.29, 1.82) is 0 Å². The summed E-state index contributed by atoms with van der Waals surface area (Å²) in [6, 6.07) is 0.295. The van der Waals surface area contributed by atoms with Crippen LogP contribution in [0.5, 0.6) is 6.01 Å². The number of nitrogens with one attached hydrogen (secondary N) is 1. The van der Waals surface area contributed by atoms with Gasteiger partial charge < -0.3 is 10.1 Å². The molecule has 19 heavy (non-hydrogen) atoms. The van der Waals surface area contributed by atoms with Crippen LogP contribution in [-0.4, -0.2) is 37.4 Å². The Morgan fingerprint density at radius 1 is 1.32 bits per heavy atom. The Hall–Kier alpha value is -2.18. The summed E-state index contributed by atoms with van der Waals surface area (Å²) in [4.78, 5) is 12.8. The van der Waals surface area contributed by atoms with E-state index in [0.29, 0.717) is 17.9 Å². The molecule has 102 valence electrons. The van der Waals surface area contributed by atoms with Crippen LogP contribution in [0.2, 0.25) is 0 Å². The third-order valence-corrected chi connectivity index (χ3v) is 2.20. The van der Waals surface area contributed by atoms with Gasteiger partial charge in [-0.15, -0.1) is 0 Å². The molecule has 0 amide bonds. The number of aryl methyl sites for hydroxylation is 1. The maximum atomic E-state index is 5.53.